The van der Waals surface area contributed by atoms with Crippen LogP contribution in [0.4, 0.5) is 0 Å². The average molecular weight is 262 g/mol. The summed E-state index contributed by atoms with van der Waals surface area (Å²) in [6, 6.07) is 9.47. The number of ether oxygens (including phenoxy) is 1. The second-order valence-corrected chi connectivity index (χ2v) is 4.49. The van der Waals surface area contributed by atoms with Gasteiger partial charge < -0.3 is 15.4 Å². The van der Waals surface area contributed by atoms with E-state index in [1.807, 2.05) is 30.3 Å². The van der Waals surface area contributed by atoms with Gasteiger partial charge >= 0.3 is 0 Å². The van der Waals surface area contributed by atoms with Crippen molar-refractivity contribution in [3.8, 4) is 5.75 Å². The maximum Gasteiger partial charge on any atom is 0.225 e. The van der Waals surface area contributed by atoms with Crippen LogP contribution in [-0.4, -0.2) is 31.5 Å². The lowest BCUT2D eigenvalue weighted by molar-refractivity contribution is -0.129. The molecule has 2 N–H and O–H groups in total. The summed E-state index contributed by atoms with van der Waals surface area (Å²) in [7, 11) is 0. The molecule has 2 amide bonds. The first-order valence-corrected chi connectivity index (χ1v) is 6.48. The van der Waals surface area contributed by atoms with Crippen LogP contribution in [0.3, 0.4) is 0 Å². The van der Waals surface area contributed by atoms with Gasteiger partial charge in [-0.2, -0.15) is 0 Å². The van der Waals surface area contributed by atoms with E-state index in [9.17, 15) is 9.59 Å². The normalized spacial score (nSPS) is 18.5. The molecule has 1 saturated heterocycles. The number of carbonyl (C=O) groups is 2. The fourth-order valence-electron chi connectivity index (χ4n) is 1.96. The second kappa shape index (κ2) is 6.78. The zero-order valence-corrected chi connectivity index (χ0v) is 10.7. The highest BCUT2D eigenvalue weighted by Crippen LogP contribution is 2.10. The summed E-state index contributed by atoms with van der Waals surface area (Å²) in [5, 5.41) is 5.52. The van der Waals surface area contributed by atoms with Crippen LogP contribution in [0.5, 0.6) is 5.75 Å². The van der Waals surface area contributed by atoms with Gasteiger partial charge in [-0.3, -0.25) is 9.59 Å². The fourth-order valence-corrected chi connectivity index (χ4v) is 1.96. The summed E-state index contributed by atoms with van der Waals surface area (Å²) in [5.74, 6) is 0.684. The van der Waals surface area contributed by atoms with Gasteiger partial charge in [0.25, 0.3) is 0 Å². The molecular formula is C14H18N2O3. The molecule has 1 atom stereocenters. The molecule has 1 aliphatic heterocycles. The number of piperidine rings is 1. The Bertz CT molecular complexity index is 424. The van der Waals surface area contributed by atoms with E-state index in [0.29, 0.717) is 32.5 Å². The number of carbonyl (C=O) groups excluding carboxylic acids is 2. The van der Waals surface area contributed by atoms with E-state index in [4.69, 9.17) is 4.74 Å². The van der Waals surface area contributed by atoms with Gasteiger partial charge in [0.2, 0.25) is 11.8 Å². The van der Waals surface area contributed by atoms with Gasteiger partial charge in [-0.25, -0.2) is 0 Å². The van der Waals surface area contributed by atoms with E-state index in [-0.39, 0.29) is 17.7 Å². The molecule has 0 saturated carbocycles. The SMILES string of the molecule is O=C1CCC(C(=O)NCCOc2ccccc2)CN1. The number of hydrogen-bond acceptors (Lipinski definition) is 3. The van der Waals surface area contributed by atoms with E-state index < -0.39 is 0 Å². The molecule has 0 aromatic heterocycles. The van der Waals surface area contributed by atoms with Crippen molar-refractivity contribution >= 4 is 11.8 Å². The summed E-state index contributed by atoms with van der Waals surface area (Å²) in [6.45, 7) is 1.34. The van der Waals surface area contributed by atoms with E-state index in [1.165, 1.54) is 0 Å². The molecule has 5 heteroatoms. The maximum absolute atomic E-state index is 11.8. The van der Waals surface area contributed by atoms with Crippen LogP contribution >= 0.6 is 0 Å². The summed E-state index contributed by atoms with van der Waals surface area (Å²) < 4.78 is 5.48. The highest BCUT2D eigenvalue weighted by Gasteiger charge is 2.23. The van der Waals surface area contributed by atoms with Crippen molar-refractivity contribution in [3.05, 3.63) is 30.3 Å². The van der Waals surface area contributed by atoms with E-state index >= 15 is 0 Å². The van der Waals surface area contributed by atoms with Gasteiger partial charge in [-0.15, -0.1) is 0 Å². The van der Waals surface area contributed by atoms with Crippen LogP contribution in [0.15, 0.2) is 30.3 Å². The lowest BCUT2D eigenvalue weighted by atomic mass is 9.98. The van der Waals surface area contributed by atoms with Crippen molar-refractivity contribution in [2.24, 2.45) is 5.92 Å². The standard InChI is InChI=1S/C14H18N2O3/c17-13-7-6-11(10-16-13)14(18)15-8-9-19-12-4-2-1-3-5-12/h1-5,11H,6-10H2,(H,15,18)(H,16,17). The van der Waals surface area contributed by atoms with Crippen LogP contribution in [-0.2, 0) is 9.59 Å². The minimum absolute atomic E-state index is 0.0170. The summed E-state index contributed by atoms with van der Waals surface area (Å²) in [4.78, 5) is 22.8. The molecule has 0 aliphatic carbocycles. The molecule has 2 rings (SSSR count). The number of amides is 2. The van der Waals surface area contributed by atoms with Gasteiger partial charge in [-0.05, 0) is 18.6 Å². The Morgan fingerprint density at radius 1 is 1.37 bits per heavy atom. The highest BCUT2D eigenvalue weighted by molar-refractivity contribution is 5.83. The van der Waals surface area contributed by atoms with Crippen molar-refractivity contribution in [2.45, 2.75) is 12.8 Å². The lowest BCUT2D eigenvalue weighted by Gasteiger charge is -2.21. The molecule has 0 spiro atoms. The monoisotopic (exact) mass is 262 g/mol. The average Bonchev–Trinajstić information content (AvgIpc) is 2.45. The molecule has 0 bridgehead atoms. The smallest absolute Gasteiger partial charge is 0.225 e. The largest absolute Gasteiger partial charge is 0.492 e. The predicted octanol–water partition coefficient (Wildman–Crippen LogP) is 0.708. The first kappa shape index (κ1) is 13.4. The number of benzene rings is 1. The minimum Gasteiger partial charge on any atom is -0.492 e. The van der Waals surface area contributed by atoms with Gasteiger partial charge in [0.05, 0.1) is 12.5 Å². The molecule has 1 aliphatic rings. The van der Waals surface area contributed by atoms with Crippen molar-refractivity contribution < 1.29 is 14.3 Å². The molecule has 102 valence electrons. The number of nitrogens with one attached hydrogen (secondary N) is 2. The van der Waals surface area contributed by atoms with Gasteiger partial charge in [0, 0.05) is 13.0 Å². The Labute approximate surface area is 112 Å². The van der Waals surface area contributed by atoms with Gasteiger partial charge in [0.1, 0.15) is 12.4 Å². The molecule has 19 heavy (non-hydrogen) atoms. The first-order chi connectivity index (χ1) is 9.25. The predicted molar refractivity (Wildman–Crippen MR) is 70.7 cm³/mol. The van der Waals surface area contributed by atoms with Gasteiger partial charge in [-0.1, -0.05) is 18.2 Å². The Morgan fingerprint density at radius 2 is 2.16 bits per heavy atom. The first-order valence-electron chi connectivity index (χ1n) is 6.48. The molecule has 1 aromatic carbocycles. The number of hydrogen-bond donors (Lipinski definition) is 2. The maximum atomic E-state index is 11.8. The second-order valence-electron chi connectivity index (χ2n) is 4.49. The van der Waals surface area contributed by atoms with E-state index in [0.717, 1.165) is 5.75 Å². The quantitative estimate of drug-likeness (QED) is 0.768. The third kappa shape index (κ3) is 4.28. The Morgan fingerprint density at radius 3 is 2.84 bits per heavy atom. The number of rotatable bonds is 5. The van der Waals surface area contributed by atoms with Crippen molar-refractivity contribution in [3.63, 3.8) is 0 Å². The van der Waals surface area contributed by atoms with Crippen molar-refractivity contribution in [2.75, 3.05) is 19.7 Å². The molecule has 1 unspecified atom stereocenters. The summed E-state index contributed by atoms with van der Waals surface area (Å²) >= 11 is 0. The summed E-state index contributed by atoms with van der Waals surface area (Å²) in [5.41, 5.74) is 0. The summed E-state index contributed by atoms with van der Waals surface area (Å²) in [6.07, 6.45) is 1.05. The Kier molecular flexibility index (Phi) is 4.78. The zero-order valence-electron chi connectivity index (χ0n) is 10.7. The Balaban J connectivity index is 1.63. The van der Waals surface area contributed by atoms with Crippen molar-refractivity contribution in [1.82, 2.24) is 10.6 Å². The third-order valence-corrected chi connectivity index (χ3v) is 3.05. The van der Waals surface area contributed by atoms with Crippen LogP contribution < -0.4 is 15.4 Å². The topological polar surface area (TPSA) is 67.4 Å². The molecular weight excluding hydrogens is 244 g/mol. The molecule has 1 fully saturated rings. The van der Waals surface area contributed by atoms with Gasteiger partial charge in [0.15, 0.2) is 0 Å². The zero-order chi connectivity index (χ0) is 13.5. The van der Waals surface area contributed by atoms with Crippen LogP contribution in [0.1, 0.15) is 12.8 Å². The minimum atomic E-state index is -0.116. The van der Waals surface area contributed by atoms with E-state index in [2.05, 4.69) is 10.6 Å². The molecule has 0 radical (unpaired) electrons. The van der Waals surface area contributed by atoms with Crippen molar-refractivity contribution in [1.29, 1.82) is 0 Å². The highest BCUT2D eigenvalue weighted by atomic mass is 16.5. The van der Waals surface area contributed by atoms with Crippen LogP contribution in [0, 0.1) is 5.92 Å². The molecule has 5 nitrogen and oxygen atoms in total. The Hall–Kier alpha value is -2.04. The molecule has 1 heterocycles. The fraction of sp³-hybridized carbons (Fsp3) is 0.429. The lowest BCUT2D eigenvalue weighted by Crippen LogP contribution is -2.43. The third-order valence-electron chi connectivity index (χ3n) is 3.05. The van der Waals surface area contributed by atoms with E-state index in [1.54, 1.807) is 0 Å². The molecule has 1 aromatic rings. The van der Waals surface area contributed by atoms with Crippen LogP contribution in [0.25, 0.3) is 0 Å². The number of para-hydroxylation sites is 1. The van der Waals surface area contributed by atoms with Crippen LogP contribution in [0.2, 0.25) is 0 Å².